The lowest BCUT2D eigenvalue weighted by Gasteiger charge is -2.62. The van der Waals surface area contributed by atoms with Crippen molar-refractivity contribution in [1.82, 2.24) is 0 Å². The minimum atomic E-state index is -0.737. The first-order chi connectivity index (χ1) is 16.9. The Hall–Kier alpha value is -1.14. The molecule has 1 aliphatic heterocycles. The molecule has 0 bridgehead atoms. The van der Waals surface area contributed by atoms with E-state index >= 15 is 0 Å². The maximum absolute atomic E-state index is 12.7. The summed E-state index contributed by atoms with van der Waals surface area (Å²) < 4.78 is 10.8. The predicted molar refractivity (Wildman–Crippen MR) is 136 cm³/mol. The van der Waals surface area contributed by atoms with Crippen molar-refractivity contribution >= 4 is 11.9 Å². The third kappa shape index (κ3) is 4.52. The Labute approximate surface area is 216 Å². The van der Waals surface area contributed by atoms with Gasteiger partial charge in [-0.3, -0.25) is 9.59 Å². The van der Waals surface area contributed by atoms with Crippen LogP contribution in [0.4, 0.5) is 0 Å². The van der Waals surface area contributed by atoms with Gasteiger partial charge in [0, 0.05) is 12.8 Å². The average molecular weight is 505 g/mol. The van der Waals surface area contributed by atoms with Crippen LogP contribution in [-0.4, -0.2) is 46.6 Å². The minimum Gasteiger partial charge on any atom is -0.465 e. The summed E-state index contributed by atoms with van der Waals surface area (Å²) in [5.74, 6) is 2.39. The molecular formula is C30H48O6. The van der Waals surface area contributed by atoms with Gasteiger partial charge in [0.25, 0.3) is 0 Å². The second-order valence-corrected chi connectivity index (χ2v) is 14.0. The van der Waals surface area contributed by atoms with Gasteiger partial charge in [0.1, 0.15) is 5.60 Å². The number of aliphatic hydroxyl groups excluding tert-OH is 2. The van der Waals surface area contributed by atoms with E-state index in [1.807, 2.05) is 6.92 Å². The molecule has 2 N–H and O–H groups in total. The molecule has 0 spiro atoms. The molecule has 1 heterocycles. The number of cyclic esters (lactones) is 1. The molecule has 0 aromatic rings. The molecule has 1 saturated heterocycles. The number of fused-ring (bicyclic) bond motifs is 5. The van der Waals surface area contributed by atoms with Gasteiger partial charge in [-0.25, -0.2) is 0 Å². The van der Waals surface area contributed by atoms with E-state index in [1.54, 1.807) is 0 Å². The highest BCUT2D eigenvalue weighted by molar-refractivity contribution is 5.74. The summed E-state index contributed by atoms with van der Waals surface area (Å²) in [4.78, 5) is 24.4. The zero-order valence-corrected chi connectivity index (χ0v) is 22.8. The van der Waals surface area contributed by atoms with Crippen LogP contribution in [0.15, 0.2) is 0 Å². The largest absolute Gasteiger partial charge is 0.465 e. The summed E-state index contributed by atoms with van der Waals surface area (Å²) in [6.45, 7) is 9.39. The Kier molecular flexibility index (Phi) is 7.02. The second kappa shape index (κ2) is 9.55. The van der Waals surface area contributed by atoms with Crippen molar-refractivity contribution in [3.05, 3.63) is 0 Å². The van der Waals surface area contributed by atoms with Gasteiger partial charge in [0.2, 0.25) is 0 Å². The third-order valence-corrected chi connectivity index (χ3v) is 12.0. The molecule has 6 heteroatoms. The van der Waals surface area contributed by atoms with Crippen molar-refractivity contribution in [3.8, 4) is 0 Å². The Morgan fingerprint density at radius 2 is 1.75 bits per heavy atom. The van der Waals surface area contributed by atoms with Crippen LogP contribution >= 0.6 is 0 Å². The number of esters is 2. The molecule has 5 unspecified atom stereocenters. The molecule has 0 aromatic heterocycles. The SMILES string of the molecule is C[C@H](CCC(=O)OC1(C)CCOC(=O)C1)[C@H]1CCC2C3C(CC[C@@]21C)[C@@]1(C)CC[C@H](O)CC1C[C@@H]3O. The second-order valence-electron chi connectivity index (χ2n) is 14.0. The van der Waals surface area contributed by atoms with Crippen molar-refractivity contribution in [3.63, 3.8) is 0 Å². The summed E-state index contributed by atoms with van der Waals surface area (Å²) in [5.41, 5.74) is -0.278. The molecule has 6 nitrogen and oxygen atoms in total. The Morgan fingerprint density at radius 3 is 2.50 bits per heavy atom. The van der Waals surface area contributed by atoms with Crippen molar-refractivity contribution < 1.29 is 29.3 Å². The van der Waals surface area contributed by atoms with Crippen LogP contribution in [0.2, 0.25) is 0 Å². The van der Waals surface area contributed by atoms with E-state index in [4.69, 9.17) is 9.47 Å². The zero-order chi connectivity index (χ0) is 25.9. The Balaban J connectivity index is 1.22. The van der Waals surface area contributed by atoms with E-state index in [1.165, 1.54) is 25.7 Å². The molecule has 11 atom stereocenters. The van der Waals surface area contributed by atoms with E-state index in [9.17, 15) is 19.8 Å². The van der Waals surface area contributed by atoms with Gasteiger partial charge in [-0.1, -0.05) is 20.8 Å². The van der Waals surface area contributed by atoms with Gasteiger partial charge in [-0.15, -0.1) is 0 Å². The first kappa shape index (κ1) is 26.5. The molecule has 0 aromatic carbocycles. The molecule has 0 amide bonds. The van der Waals surface area contributed by atoms with Crippen molar-refractivity contribution in [1.29, 1.82) is 0 Å². The minimum absolute atomic E-state index is 0.139. The molecule has 0 radical (unpaired) electrons. The number of rotatable bonds is 5. The van der Waals surface area contributed by atoms with E-state index in [2.05, 4.69) is 20.8 Å². The Bertz CT molecular complexity index is 858. The van der Waals surface area contributed by atoms with Crippen LogP contribution in [0.3, 0.4) is 0 Å². The maximum atomic E-state index is 12.7. The van der Waals surface area contributed by atoms with Crippen molar-refractivity contribution in [2.45, 2.75) is 123 Å². The van der Waals surface area contributed by atoms with Crippen LogP contribution in [0.25, 0.3) is 0 Å². The quantitative estimate of drug-likeness (QED) is 0.510. The monoisotopic (exact) mass is 504 g/mol. The van der Waals surface area contributed by atoms with Gasteiger partial charge in [0.15, 0.2) is 0 Å². The molecule has 4 saturated carbocycles. The van der Waals surface area contributed by atoms with Gasteiger partial charge < -0.3 is 19.7 Å². The van der Waals surface area contributed by atoms with Crippen LogP contribution in [0.1, 0.15) is 105 Å². The number of hydrogen-bond donors (Lipinski definition) is 2. The summed E-state index contributed by atoms with van der Waals surface area (Å²) in [6, 6.07) is 0. The van der Waals surface area contributed by atoms with Gasteiger partial charge in [-0.2, -0.15) is 0 Å². The maximum Gasteiger partial charge on any atom is 0.309 e. The number of hydrogen-bond acceptors (Lipinski definition) is 6. The number of ether oxygens (including phenoxy) is 2. The highest BCUT2D eigenvalue weighted by atomic mass is 16.6. The molecule has 204 valence electrons. The van der Waals surface area contributed by atoms with Crippen LogP contribution in [-0.2, 0) is 19.1 Å². The van der Waals surface area contributed by atoms with Gasteiger partial charge in [-0.05, 0) is 111 Å². The summed E-state index contributed by atoms with van der Waals surface area (Å²) >= 11 is 0. The highest BCUT2D eigenvalue weighted by Crippen LogP contribution is 2.68. The van der Waals surface area contributed by atoms with E-state index in [-0.39, 0.29) is 41.4 Å². The van der Waals surface area contributed by atoms with Crippen molar-refractivity contribution in [2.75, 3.05) is 6.61 Å². The van der Waals surface area contributed by atoms with Gasteiger partial charge in [0.05, 0.1) is 25.2 Å². The Morgan fingerprint density at radius 1 is 1.03 bits per heavy atom. The normalized spacial score (nSPS) is 49.3. The standard InChI is InChI=1S/C30H48O6/c1-18(5-8-25(33)36-28(2)13-14-35-26(34)17-28)21-6-7-22-27-23(10-12-30(21,22)4)29(3)11-9-20(31)15-19(29)16-24(27)32/h18-24,27,31-32H,5-17H2,1-4H3/t18-,19?,20+,21-,22?,23?,24+,27?,28?,29+,30-/m1/s1. The molecule has 4 aliphatic carbocycles. The summed E-state index contributed by atoms with van der Waals surface area (Å²) in [5, 5.41) is 21.7. The summed E-state index contributed by atoms with van der Waals surface area (Å²) in [7, 11) is 0. The fourth-order valence-corrected chi connectivity index (χ4v) is 9.96. The smallest absolute Gasteiger partial charge is 0.309 e. The molecule has 5 aliphatic rings. The lowest BCUT2D eigenvalue weighted by atomic mass is 9.43. The zero-order valence-electron chi connectivity index (χ0n) is 22.8. The first-order valence-electron chi connectivity index (χ1n) is 14.7. The van der Waals surface area contributed by atoms with Crippen molar-refractivity contribution in [2.24, 2.45) is 46.3 Å². The van der Waals surface area contributed by atoms with E-state index in [0.717, 1.165) is 32.1 Å². The number of carbonyl (C=O) groups excluding carboxylic acids is 2. The van der Waals surface area contributed by atoms with Crippen LogP contribution < -0.4 is 0 Å². The first-order valence-corrected chi connectivity index (χ1v) is 14.7. The summed E-state index contributed by atoms with van der Waals surface area (Å²) in [6.07, 6.45) is 9.88. The van der Waals surface area contributed by atoms with E-state index in [0.29, 0.717) is 55.0 Å². The fraction of sp³-hybridized carbons (Fsp3) is 0.933. The molecule has 36 heavy (non-hydrogen) atoms. The number of aliphatic hydroxyl groups is 2. The fourth-order valence-electron chi connectivity index (χ4n) is 9.96. The average Bonchev–Trinajstić information content (AvgIpc) is 3.15. The van der Waals surface area contributed by atoms with E-state index < -0.39 is 5.60 Å². The van der Waals surface area contributed by atoms with Crippen LogP contribution in [0.5, 0.6) is 0 Å². The third-order valence-electron chi connectivity index (χ3n) is 12.0. The molecular weight excluding hydrogens is 456 g/mol. The number of carbonyl (C=O) groups is 2. The predicted octanol–water partition coefficient (Wildman–Crippen LogP) is 5.03. The molecule has 5 rings (SSSR count). The van der Waals surface area contributed by atoms with Gasteiger partial charge >= 0.3 is 11.9 Å². The highest BCUT2D eigenvalue weighted by Gasteiger charge is 2.62. The lowest BCUT2D eigenvalue weighted by Crippen LogP contribution is -2.58. The topological polar surface area (TPSA) is 93.1 Å². The lowest BCUT2D eigenvalue weighted by molar-refractivity contribution is -0.176. The van der Waals surface area contributed by atoms with Crippen LogP contribution in [0, 0.1) is 46.3 Å². The molecule has 5 fully saturated rings.